The summed E-state index contributed by atoms with van der Waals surface area (Å²) in [5, 5.41) is 1.97. The van der Waals surface area contributed by atoms with Crippen LogP contribution in [-0.2, 0) is 9.84 Å². The second-order valence-corrected chi connectivity index (χ2v) is 6.76. The first-order valence-corrected chi connectivity index (χ1v) is 6.83. The summed E-state index contributed by atoms with van der Waals surface area (Å²) in [6.45, 7) is 0. The maximum absolute atomic E-state index is 11.1. The first kappa shape index (κ1) is 8.22. The van der Waals surface area contributed by atoms with Gasteiger partial charge in [0.15, 0.2) is 9.84 Å². The largest absolute Gasteiger partial charge is 0.223 e. The molecule has 0 radical (unpaired) electrons. The van der Waals surface area contributed by atoms with Crippen molar-refractivity contribution in [3.05, 3.63) is 17.5 Å². The Morgan fingerprint density at radius 1 is 1.33 bits per heavy atom. The van der Waals surface area contributed by atoms with Gasteiger partial charge in [-0.3, -0.25) is 0 Å². The van der Waals surface area contributed by atoms with E-state index in [2.05, 4.69) is 0 Å². The Hall–Kier alpha value is -0.390. The maximum Gasteiger partial charge on any atom is 0.184 e. The Bertz CT molecular complexity index is 475. The summed E-state index contributed by atoms with van der Waals surface area (Å²) in [6, 6.07) is 3.68. The molecule has 2 aromatic heterocycles. The van der Waals surface area contributed by atoms with E-state index >= 15 is 0 Å². The van der Waals surface area contributed by atoms with E-state index < -0.39 is 9.84 Å². The summed E-state index contributed by atoms with van der Waals surface area (Å²) in [5.41, 5.74) is 0. The summed E-state index contributed by atoms with van der Waals surface area (Å²) >= 11 is 2.90. The Labute approximate surface area is 78.4 Å². The van der Waals surface area contributed by atoms with Crippen LogP contribution in [0.25, 0.3) is 9.40 Å². The number of fused-ring (bicyclic) bond motifs is 1. The average molecular weight is 218 g/mol. The highest BCUT2D eigenvalue weighted by Crippen LogP contribution is 2.32. The molecule has 5 heteroatoms. The standard InChI is InChI=1S/C7H6O2S3/c1-12(8,9)7-4-6-5(11-7)2-3-10-6/h2-4H,1H3. The predicted molar refractivity (Wildman–Crippen MR) is 52.8 cm³/mol. The third-order valence-electron chi connectivity index (χ3n) is 1.48. The van der Waals surface area contributed by atoms with Crippen LogP contribution in [0.5, 0.6) is 0 Å². The molecule has 0 aliphatic rings. The van der Waals surface area contributed by atoms with E-state index in [0.29, 0.717) is 4.21 Å². The number of hydrogen-bond acceptors (Lipinski definition) is 4. The first-order valence-electron chi connectivity index (χ1n) is 3.24. The van der Waals surface area contributed by atoms with Gasteiger partial charge in [-0.25, -0.2) is 8.42 Å². The van der Waals surface area contributed by atoms with Crippen molar-refractivity contribution in [2.24, 2.45) is 0 Å². The molecule has 0 bridgehead atoms. The smallest absolute Gasteiger partial charge is 0.184 e. The summed E-state index contributed by atoms with van der Waals surface area (Å²) < 4.78 is 24.8. The van der Waals surface area contributed by atoms with Gasteiger partial charge in [-0.05, 0) is 17.5 Å². The van der Waals surface area contributed by atoms with Crippen molar-refractivity contribution in [1.29, 1.82) is 0 Å². The van der Waals surface area contributed by atoms with E-state index in [-0.39, 0.29) is 0 Å². The molecule has 12 heavy (non-hydrogen) atoms. The van der Waals surface area contributed by atoms with E-state index in [1.807, 2.05) is 11.4 Å². The number of sulfone groups is 1. The highest BCUT2D eigenvalue weighted by Gasteiger charge is 2.11. The normalized spacial score (nSPS) is 12.4. The summed E-state index contributed by atoms with van der Waals surface area (Å²) in [6.07, 6.45) is 1.24. The van der Waals surface area contributed by atoms with E-state index in [0.717, 1.165) is 9.40 Å². The van der Waals surface area contributed by atoms with Crippen LogP contribution < -0.4 is 0 Å². The van der Waals surface area contributed by atoms with Crippen molar-refractivity contribution in [1.82, 2.24) is 0 Å². The van der Waals surface area contributed by atoms with Gasteiger partial charge in [-0.2, -0.15) is 0 Å². The molecular formula is C7H6O2S3. The van der Waals surface area contributed by atoms with Gasteiger partial charge in [-0.15, -0.1) is 22.7 Å². The average Bonchev–Trinajstić information content (AvgIpc) is 2.37. The van der Waals surface area contributed by atoms with Crippen LogP contribution in [0.2, 0.25) is 0 Å². The molecule has 0 aromatic carbocycles. The van der Waals surface area contributed by atoms with Crippen molar-refractivity contribution in [2.45, 2.75) is 4.21 Å². The van der Waals surface area contributed by atoms with Crippen LogP contribution in [0.4, 0.5) is 0 Å². The Balaban J connectivity index is 2.75. The van der Waals surface area contributed by atoms with E-state index in [4.69, 9.17) is 0 Å². The molecule has 2 rings (SSSR count). The van der Waals surface area contributed by atoms with Crippen LogP contribution >= 0.6 is 22.7 Å². The van der Waals surface area contributed by atoms with Crippen molar-refractivity contribution in [3.63, 3.8) is 0 Å². The third-order valence-corrected chi connectivity index (χ3v) is 5.38. The molecule has 0 atom stereocenters. The van der Waals surface area contributed by atoms with Crippen molar-refractivity contribution in [2.75, 3.05) is 6.26 Å². The molecule has 0 unspecified atom stereocenters. The molecule has 2 nitrogen and oxygen atoms in total. The van der Waals surface area contributed by atoms with E-state index in [9.17, 15) is 8.42 Å². The van der Waals surface area contributed by atoms with E-state index in [1.54, 1.807) is 17.4 Å². The number of thiophene rings is 2. The minimum Gasteiger partial charge on any atom is -0.223 e. The van der Waals surface area contributed by atoms with Crippen LogP contribution in [0.15, 0.2) is 21.7 Å². The minimum absolute atomic E-state index is 0.462. The molecular weight excluding hydrogens is 212 g/mol. The van der Waals surface area contributed by atoms with Gasteiger partial charge in [0.1, 0.15) is 4.21 Å². The Morgan fingerprint density at radius 3 is 2.67 bits per heavy atom. The van der Waals surface area contributed by atoms with Gasteiger partial charge < -0.3 is 0 Å². The molecule has 0 amide bonds. The van der Waals surface area contributed by atoms with Crippen LogP contribution in [-0.4, -0.2) is 14.7 Å². The zero-order valence-corrected chi connectivity index (χ0v) is 8.72. The van der Waals surface area contributed by atoms with Gasteiger partial charge in [0.2, 0.25) is 0 Å². The zero-order valence-electron chi connectivity index (χ0n) is 6.27. The third kappa shape index (κ3) is 1.28. The summed E-state index contributed by atoms with van der Waals surface area (Å²) in [4.78, 5) is 0. The summed E-state index contributed by atoms with van der Waals surface area (Å²) in [7, 11) is -3.01. The second-order valence-electron chi connectivity index (χ2n) is 2.49. The fraction of sp³-hybridized carbons (Fsp3) is 0.143. The highest BCUT2D eigenvalue weighted by molar-refractivity contribution is 7.93. The summed E-state index contributed by atoms with van der Waals surface area (Å²) in [5.74, 6) is 0. The maximum atomic E-state index is 11.1. The molecule has 2 heterocycles. The second kappa shape index (κ2) is 2.55. The van der Waals surface area contributed by atoms with Gasteiger partial charge in [0, 0.05) is 15.7 Å². The van der Waals surface area contributed by atoms with E-state index in [1.165, 1.54) is 17.6 Å². The lowest BCUT2D eigenvalue weighted by Gasteiger charge is -1.87. The fourth-order valence-corrected chi connectivity index (χ4v) is 4.05. The fourth-order valence-electron chi connectivity index (χ4n) is 0.926. The molecule has 0 saturated carbocycles. The minimum atomic E-state index is -3.01. The van der Waals surface area contributed by atoms with Gasteiger partial charge >= 0.3 is 0 Å². The van der Waals surface area contributed by atoms with Crippen molar-refractivity contribution >= 4 is 41.9 Å². The number of hydrogen-bond donors (Lipinski definition) is 0. The molecule has 0 N–H and O–H groups in total. The molecule has 64 valence electrons. The lowest BCUT2D eigenvalue weighted by atomic mass is 10.5. The van der Waals surface area contributed by atoms with Crippen LogP contribution in [0, 0.1) is 0 Å². The Kier molecular flexibility index (Phi) is 1.75. The SMILES string of the molecule is CS(=O)(=O)c1cc2sccc2s1. The van der Waals surface area contributed by atoms with Crippen LogP contribution in [0.1, 0.15) is 0 Å². The monoisotopic (exact) mass is 218 g/mol. The van der Waals surface area contributed by atoms with Gasteiger partial charge in [-0.1, -0.05) is 0 Å². The predicted octanol–water partition coefficient (Wildman–Crippen LogP) is 2.37. The molecule has 0 aliphatic carbocycles. The molecule has 2 aromatic rings. The lowest BCUT2D eigenvalue weighted by molar-refractivity contribution is 0.604. The molecule has 0 fully saturated rings. The topological polar surface area (TPSA) is 34.1 Å². The Morgan fingerprint density at radius 2 is 2.08 bits per heavy atom. The molecule has 0 spiro atoms. The van der Waals surface area contributed by atoms with Gasteiger partial charge in [0.25, 0.3) is 0 Å². The lowest BCUT2D eigenvalue weighted by Crippen LogP contribution is -1.91. The quantitative estimate of drug-likeness (QED) is 0.736. The molecule has 0 saturated heterocycles. The zero-order chi connectivity index (χ0) is 8.77. The van der Waals surface area contributed by atoms with Crippen LogP contribution in [0.3, 0.4) is 0 Å². The number of rotatable bonds is 1. The van der Waals surface area contributed by atoms with Gasteiger partial charge in [0.05, 0.1) is 0 Å². The highest BCUT2D eigenvalue weighted by atomic mass is 32.2. The molecule has 0 aliphatic heterocycles. The van der Waals surface area contributed by atoms with Crippen molar-refractivity contribution in [3.8, 4) is 0 Å². The van der Waals surface area contributed by atoms with Crippen molar-refractivity contribution < 1.29 is 8.42 Å². The first-order chi connectivity index (χ1) is 5.57.